The first-order valence-electron chi connectivity index (χ1n) is 5.54. The van der Waals surface area contributed by atoms with Crippen molar-refractivity contribution in [3.8, 4) is 0 Å². The van der Waals surface area contributed by atoms with Gasteiger partial charge in [-0.1, -0.05) is 17.7 Å². The van der Waals surface area contributed by atoms with Gasteiger partial charge in [-0.2, -0.15) is 0 Å². The molecule has 1 amide bonds. The Kier molecular flexibility index (Phi) is 3.64. The minimum atomic E-state index is -0.420. The summed E-state index contributed by atoms with van der Waals surface area (Å²) in [4.78, 5) is 11.7. The van der Waals surface area contributed by atoms with E-state index in [0.29, 0.717) is 23.7 Å². The van der Waals surface area contributed by atoms with Gasteiger partial charge in [0, 0.05) is 23.7 Å². The number of carbonyl (C=O) groups is 1. The molecule has 1 fully saturated rings. The van der Waals surface area contributed by atoms with Crippen molar-refractivity contribution < 1.29 is 9.18 Å². The molecule has 17 heavy (non-hydrogen) atoms. The number of nitrogens with one attached hydrogen (secondary N) is 2. The predicted octanol–water partition coefficient (Wildman–Crippen LogP) is 1.88. The average molecular weight is 257 g/mol. The summed E-state index contributed by atoms with van der Waals surface area (Å²) in [7, 11) is 0. The normalized spacial score (nSPS) is 17.4. The highest BCUT2D eigenvalue weighted by Gasteiger charge is 2.27. The Balaban J connectivity index is 2.08. The molecule has 1 aromatic carbocycles. The Labute approximate surface area is 104 Å². The molecule has 1 saturated heterocycles. The van der Waals surface area contributed by atoms with E-state index in [4.69, 9.17) is 11.6 Å². The molecular weight excluding hydrogens is 243 g/mol. The second-order valence-electron chi connectivity index (χ2n) is 4.22. The van der Waals surface area contributed by atoms with Crippen molar-refractivity contribution in [3.05, 3.63) is 34.6 Å². The molecule has 0 aromatic heterocycles. The third-order valence-electron chi connectivity index (χ3n) is 2.94. The number of benzene rings is 1. The first-order valence-corrected chi connectivity index (χ1v) is 5.92. The van der Waals surface area contributed by atoms with Gasteiger partial charge in [0.1, 0.15) is 5.82 Å². The lowest BCUT2D eigenvalue weighted by atomic mass is 10.0. The van der Waals surface area contributed by atoms with Crippen LogP contribution >= 0.6 is 11.6 Å². The van der Waals surface area contributed by atoms with Gasteiger partial charge >= 0.3 is 0 Å². The summed E-state index contributed by atoms with van der Waals surface area (Å²) in [6, 6.07) is 4.09. The van der Waals surface area contributed by atoms with Gasteiger partial charge < -0.3 is 10.6 Å². The van der Waals surface area contributed by atoms with Gasteiger partial charge in [-0.15, -0.1) is 0 Å². The zero-order chi connectivity index (χ0) is 12.4. The van der Waals surface area contributed by atoms with E-state index in [9.17, 15) is 9.18 Å². The van der Waals surface area contributed by atoms with Crippen LogP contribution in [0.25, 0.3) is 0 Å². The highest BCUT2D eigenvalue weighted by atomic mass is 35.5. The van der Waals surface area contributed by atoms with Crippen LogP contribution in [0, 0.1) is 11.7 Å². The molecule has 1 aliphatic rings. The molecule has 1 aliphatic heterocycles. The van der Waals surface area contributed by atoms with E-state index in [1.54, 1.807) is 19.1 Å². The molecule has 1 atom stereocenters. The Morgan fingerprint density at radius 1 is 1.59 bits per heavy atom. The molecule has 2 rings (SSSR count). The van der Waals surface area contributed by atoms with Crippen LogP contribution in [0.1, 0.15) is 18.5 Å². The highest BCUT2D eigenvalue weighted by Crippen LogP contribution is 2.25. The zero-order valence-corrected chi connectivity index (χ0v) is 10.2. The van der Waals surface area contributed by atoms with Crippen molar-refractivity contribution in [2.75, 3.05) is 13.1 Å². The van der Waals surface area contributed by atoms with Crippen molar-refractivity contribution in [2.24, 2.45) is 5.92 Å². The summed E-state index contributed by atoms with van der Waals surface area (Å²) in [5.41, 5.74) is 0.342. The number of rotatable bonds is 3. The maximum Gasteiger partial charge on any atom is 0.226 e. The van der Waals surface area contributed by atoms with Crippen molar-refractivity contribution in [1.29, 1.82) is 0 Å². The van der Waals surface area contributed by atoms with E-state index in [0.717, 1.165) is 0 Å². The summed E-state index contributed by atoms with van der Waals surface area (Å²) < 4.78 is 13.6. The number of halogens is 2. The first-order chi connectivity index (χ1) is 8.09. The molecule has 1 heterocycles. The van der Waals surface area contributed by atoms with E-state index >= 15 is 0 Å². The van der Waals surface area contributed by atoms with Gasteiger partial charge in [0.25, 0.3) is 0 Å². The van der Waals surface area contributed by atoms with Crippen LogP contribution in [0.5, 0.6) is 0 Å². The molecule has 0 bridgehead atoms. The van der Waals surface area contributed by atoms with Crippen molar-refractivity contribution in [1.82, 2.24) is 10.6 Å². The highest BCUT2D eigenvalue weighted by molar-refractivity contribution is 6.31. The SMILES string of the molecule is CC(NC(=O)C1CNC1)c1c(F)cccc1Cl. The summed E-state index contributed by atoms with van der Waals surface area (Å²) >= 11 is 5.93. The summed E-state index contributed by atoms with van der Waals surface area (Å²) in [5.74, 6) is -0.462. The number of hydrogen-bond acceptors (Lipinski definition) is 2. The van der Waals surface area contributed by atoms with E-state index in [1.807, 2.05) is 0 Å². The second kappa shape index (κ2) is 5.02. The molecule has 0 radical (unpaired) electrons. The maximum absolute atomic E-state index is 13.6. The largest absolute Gasteiger partial charge is 0.349 e. The Hall–Kier alpha value is -1.13. The third-order valence-corrected chi connectivity index (χ3v) is 3.27. The van der Waals surface area contributed by atoms with Gasteiger partial charge in [0.15, 0.2) is 0 Å². The minimum Gasteiger partial charge on any atom is -0.349 e. The van der Waals surface area contributed by atoms with Crippen LogP contribution in [0.2, 0.25) is 5.02 Å². The summed E-state index contributed by atoms with van der Waals surface area (Å²) in [6.45, 7) is 3.10. The zero-order valence-electron chi connectivity index (χ0n) is 9.47. The topological polar surface area (TPSA) is 41.1 Å². The van der Waals surface area contributed by atoms with Gasteiger partial charge in [-0.3, -0.25) is 4.79 Å². The van der Waals surface area contributed by atoms with E-state index in [1.165, 1.54) is 6.07 Å². The Bertz CT molecular complexity index is 414. The van der Waals surface area contributed by atoms with Crippen LogP contribution in [-0.4, -0.2) is 19.0 Å². The third kappa shape index (κ3) is 2.58. The van der Waals surface area contributed by atoms with E-state index < -0.39 is 11.9 Å². The molecule has 1 unspecified atom stereocenters. The Morgan fingerprint density at radius 2 is 2.29 bits per heavy atom. The molecular formula is C12H14ClFN2O. The monoisotopic (exact) mass is 256 g/mol. The fraction of sp³-hybridized carbons (Fsp3) is 0.417. The summed E-state index contributed by atoms with van der Waals surface area (Å²) in [5, 5.41) is 6.13. The molecule has 92 valence electrons. The maximum atomic E-state index is 13.6. The van der Waals surface area contributed by atoms with E-state index in [2.05, 4.69) is 10.6 Å². The molecule has 0 spiro atoms. The van der Waals surface area contributed by atoms with Gasteiger partial charge in [0.05, 0.1) is 12.0 Å². The fourth-order valence-electron chi connectivity index (χ4n) is 1.80. The quantitative estimate of drug-likeness (QED) is 0.867. The fourth-order valence-corrected chi connectivity index (χ4v) is 2.13. The smallest absolute Gasteiger partial charge is 0.226 e. The molecule has 0 aliphatic carbocycles. The molecule has 3 nitrogen and oxygen atoms in total. The first kappa shape index (κ1) is 12.3. The van der Waals surface area contributed by atoms with Crippen LogP contribution < -0.4 is 10.6 Å². The van der Waals surface area contributed by atoms with Crippen LogP contribution in [0.4, 0.5) is 4.39 Å². The second-order valence-corrected chi connectivity index (χ2v) is 4.63. The molecule has 5 heteroatoms. The Morgan fingerprint density at radius 3 is 2.82 bits per heavy atom. The average Bonchev–Trinajstić information content (AvgIpc) is 2.13. The van der Waals surface area contributed by atoms with Gasteiger partial charge in [-0.25, -0.2) is 4.39 Å². The van der Waals surface area contributed by atoms with Crippen molar-refractivity contribution >= 4 is 17.5 Å². The lowest BCUT2D eigenvalue weighted by molar-refractivity contribution is -0.127. The number of hydrogen-bond donors (Lipinski definition) is 2. The summed E-state index contributed by atoms with van der Waals surface area (Å²) in [6.07, 6.45) is 0. The van der Waals surface area contributed by atoms with Gasteiger partial charge in [0.2, 0.25) is 5.91 Å². The van der Waals surface area contributed by atoms with Crippen LogP contribution in [0.3, 0.4) is 0 Å². The lowest BCUT2D eigenvalue weighted by Gasteiger charge is -2.27. The minimum absolute atomic E-state index is 0.0111. The van der Waals surface area contributed by atoms with Crippen LogP contribution in [-0.2, 0) is 4.79 Å². The van der Waals surface area contributed by atoms with Crippen molar-refractivity contribution in [2.45, 2.75) is 13.0 Å². The standard InChI is InChI=1S/C12H14ClFN2O/c1-7(16-12(17)8-5-15-6-8)11-9(13)3-2-4-10(11)14/h2-4,7-8,15H,5-6H2,1H3,(H,16,17). The number of carbonyl (C=O) groups excluding carboxylic acids is 1. The lowest BCUT2D eigenvalue weighted by Crippen LogP contribution is -2.51. The molecule has 2 N–H and O–H groups in total. The van der Waals surface area contributed by atoms with Gasteiger partial charge in [-0.05, 0) is 19.1 Å². The molecule has 0 saturated carbocycles. The molecule has 1 aromatic rings. The predicted molar refractivity (Wildman–Crippen MR) is 64.3 cm³/mol. The van der Waals surface area contributed by atoms with Crippen molar-refractivity contribution in [3.63, 3.8) is 0 Å². The van der Waals surface area contributed by atoms with E-state index in [-0.39, 0.29) is 11.8 Å². The van der Waals surface area contributed by atoms with Crippen LogP contribution in [0.15, 0.2) is 18.2 Å². The number of amides is 1.